The van der Waals surface area contributed by atoms with E-state index < -0.39 is 0 Å². The van der Waals surface area contributed by atoms with Gasteiger partial charge in [-0.25, -0.2) is 4.79 Å². The summed E-state index contributed by atoms with van der Waals surface area (Å²) in [5.41, 5.74) is 3.26. The summed E-state index contributed by atoms with van der Waals surface area (Å²) in [6, 6.07) is 13.5. The molecule has 0 heterocycles. The summed E-state index contributed by atoms with van der Waals surface area (Å²) in [4.78, 5) is 12.1. The van der Waals surface area contributed by atoms with Crippen molar-refractivity contribution in [1.29, 1.82) is 0 Å². The summed E-state index contributed by atoms with van der Waals surface area (Å²) >= 11 is 6.07. The van der Waals surface area contributed by atoms with E-state index in [-0.39, 0.29) is 11.4 Å². The molecule has 0 aromatic heterocycles. The number of ether oxygens (including phenoxy) is 1. The van der Waals surface area contributed by atoms with Crippen molar-refractivity contribution in [2.45, 2.75) is 25.2 Å². The van der Waals surface area contributed by atoms with Crippen molar-refractivity contribution >= 4 is 23.3 Å². The zero-order valence-electron chi connectivity index (χ0n) is 13.9. The third-order valence-electron chi connectivity index (χ3n) is 4.51. The lowest BCUT2D eigenvalue weighted by atomic mass is 9.95. The SMILES string of the molecule is COc1ccc(NC(=O)NCC2(c3ccc(C)cc3)CC2)cc1Cl. The Bertz CT molecular complexity index is 740. The molecule has 0 unspecified atom stereocenters. The number of rotatable bonds is 5. The number of urea groups is 1. The normalized spacial score (nSPS) is 14.8. The number of nitrogens with one attached hydrogen (secondary N) is 2. The Morgan fingerprint density at radius 3 is 2.50 bits per heavy atom. The van der Waals surface area contributed by atoms with Crippen LogP contribution in [0.2, 0.25) is 5.02 Å². The number of carbonyl (C=O) groups is 1. The lowest BCUT2D eigenvalue weighted by Crippen LogP contribution is -2.35. The zero-order chi connectivity index (χ0) is 17.2. The first-order valence-corrected chi connectivity index (χ1v) is 8.36. The molecule has 1 aliphatic rings. The molecule has 0 atom stereocenters. The Labute approximate surface area is 147 Å². The summed E-state index contributed by atoms with van der Waals surface area (Å²) in [6.07, 6.45) is 2.20. The third-order valence-corrected chi connectivity index (χ3v) is 4.81. The van der Waals surface area contributed by atoms with Crippen molar-refractivity contribution in [1.82, 2.24) is 5.32 Å². The highest BCUT2D eigenvalue weighted by atomic mass is 35.5. The van der Waals surface area contributed by atoms with E-state index in [2.05, 4.69) is 41.8 Å². The number of hydrogen-bond donors (Lipinski definition) is 2. The van der Waals surface area contributed by atoms with E-state index in [1.54, 1.807) is 25.3 Å². The van der Waals surface area contributed by atoms with Crippen LogP contribution in [-0.2, 0) is 5.41 Å². The van der Waals surface area contributed by atoms with Crippen LogP contribution in [0.4, 0.5) is 10.5 Å². The topological polar surface area (TPSA) is 50.4 Å². The van der Waals surface area contributed by atoms with E-state index in [0.717, 1.165) is 12.8 Å². The minimum Gasteiger partial charge on any atom is -0.495 e. The van der Waals surface area contributed by atoms with Crippen LogP contribution in [0.3, 0.4) is 0 Å². The van der Waals surface area contributed by atoms with Crippen molar-refractivity contribution in [3.8, 4) is 5.75 Å². The van der Waals surface area contributed by atoms with E-state index >= 15 is 0 Å². The number of hydrogen-bond acceptors (Lipinski definition) is 2. The van der Waals surface area contributed by atoms with Gasteiger partial charge in [-0.05, 0) is 43.5 Å². The molecule has 2 amide bonds. The average molecular weight is 345 g/mol. The number of aryl methyl sites for hydroxylation is 1. The Morgan fingerprint density at radius 2 is 1.92 bits per heavy atom. The van der Waals surface area contributed by atoms with Crippen LogP contribution in [-0.4, -0.2) is 19.7 Å². The summed E-state index contributed by atoms with van der Waals surface area (Å²) < 4.78 is 5.10. The van der Waals surface area contributed by atoms with Gasteiger partial charge in [-0.1, -0.05) is 41.4 Å². The highest BCUT2D eigenvalue weighted by Crippen LogP contribution is 2.47. The van der Waals surface area contributed by atoms with Crippen molar-refractivity contribution < 1.29 is 9.53 Å². The maximum atomic E-state index is 12.1. The van der Waals surface area contributed by atoms with Gasteiger partial charge in [-0.3, -0.25) is 0 Å². The predicted molar refractivity (Wildman–Crippen MR) is 97.1 cm³/mol. The fourth-order valence-electron chi connectivity index (χ4n) is 2.79. The fraction of sp³-hybridized carbons (Fsp3) is 0.316. The molecule has 0 radical (unpaired) electrons. The largest absolute Gasteiger partial charge is 0.495 e. The summed E-state index contributed by atoms with van der Waals surface area (Å²) in [7, 11) is 1.56. The first-order chi connectivity index (χ1) is 11.5. The number of carbonyl (C=O) groups excluding carboxylic acids is 1. The molecule has 0 aliphatic heterocycles. The molecule has 1 aliphatic carbocycles. The van der Waals surface area contributed by atoms with Crippen LogP contribution in [0.15, 0.2) is 42.5 Å². The Morgan fingerprint density at radius 1 is 1.21 bits per heavy atom. The van der Waals surface area contributed by atoms with E-state index in [1.165, 1.54) is 11.1 Å². The molecule has 4 nitrogen and oxygen atoms in total. The molecule has 24 heavy (non-hydrogen) atoms. The molecule has 0 saturated heterocycles. The third kappa shape index (κ3) is 3.65. The maximum absolute atomic E-state index is 12.1. The van der Waals surface area contributed by atoms with E-state index in [0.29, 0.717) is 23.0 Å². The van der Waals surface area contributed by atoms with Crippen molar-refractivity contribution in [3.05, 3.63) is 58.6 Å². The lowest BCUT2D eigenvalue weighted by Gasteiger charge is -2.17. The Kier molecular flexibility index (Phi) is 4.67. The molecule has 3 rings (SSSR count). The number of halogens is 1. The molecular weight excluding hydrogens is 324 g/mol. The number of methoxy groups -OCH3 is 1. The molecule has 2 aromatic rings. The smallest absolute Gasteiger partial charge is 0.319 e. The van der Waals surface area contributed by atoms with Crippen LogP contribution < -0.4 is 15.4 Å². The first-order valence-electron chi connectivity index (χ1n) is 7.98. The van der Waals surface area contributed by atoms with Gasteiger partial charge in [0.15, 0.2) is 0 Å². The minimum absolute atomic E-state index is 0.0859. The summed E-state index contributed by atoms with van der Waals surface area (Å²) in [5.74, 6) is 0.582. The van der Waals surface area contributed by atoms with E-state index in [1.807, 2.05) is 0 Å². The van der Waals surface area contributed by atoms with Crippen LogP contribution in [0, 0.1) is 6.92 Å². The molecule has 5 heteroatoms. The quantitative estimate of drug-likeness (QED) is 0.838. The molecule has 126 valence electrons. The number of benzene rings is 2. The van der Waals surface area contributed by atoms with Gasteiger partial charge >= 0.3 is 6.03 Å². The van der Waals surface area contributed by atoms with Crippen molar-refractivity contribution in [2.75, 3.05) is 19.0 Å². The van der Waals surface area contributed by atoms with Crippen molar-refractivity contribution in [2.24, 2.45) is 0 Å². The minimum atomic E-state index is -0.227. The first kappa shape index (κ1) is 16.7. The van der Waals surface area contributed by atoms with Gasteiger partial charge in [-0.15, -0.1) is 0 Å². The highest BCUT2D eigenvalue weighted by Gasteiger charge is 2.44. The molecule has 1 saturated carbocycles. The number of amides is 2. The second-order valence-corrected chi connectivity index (χ2v) is 6.71. The standard InChI is InChI=1S/C19H21ClN2O2/c1-13-3-5-14(6-4-13)19(9-10-19)12-21-18(23)22-15-7-8-17(24-2)16(20)11-15/h3-8,11H,9-10,12H2,1-2H3,(H2,21,22,23). The Balaban J connectivity index is 1.58. The van der Waals surface area contributed by atoms with Crippen LogP contribution in [0.25, 0.3) is 0 Å². The second kappa shape index (κ2) is 6.73. The molecule has 2 N–H and O–H groups in total. The maximum Gasteiger partial charge on any atom is 0.319 e. The highest BCUT2D eigenvalue weighted by molar-refractivity contribution is 6.32. The monoisotopic (exact) mass is 344 g/mol. The second-order valence-electron chi connectivity index (χ2n) is 6.30. The van der Waals surface area contributed by atoms with Crippen LogP contribution >= 0.6 is 11.6 Å². The van der Waals surface area contributed by atoms with Gasteiger partial charge in [0.05, 0.1) is 12.1 Å². The van der Waals surface area contributed by atoms with E-state index in [4.69, 9.17) is 16.3 Å². The molecule has 0 spiro atoms. The lowest BCUT2D eigenvalue weighted by molar-refractivity contribution is 0.251. The fourth-order valence-corrected chi connectivity index (χ4v) is 3.05. The van der Waals surface area contributed by atoms with Crippen molar-refractivity contribution in [3.63, 3.8) is 0 Å². The van der Waals surface area contributed by atoms with Gasteiger partial charge in [-0.2, -0.15) is 0 Å². The van der Waals surface area contributed by atoms with E-state index in [9.17, 15) is 4.79 Å². The van der Waals surface area contributed by atoms with Gasteiger partial charge in [0.2, 0.25) is 0 Å². The van der Waals surface area contributed by atoms with Gasteiger partial charge < -0.3 is 15.4 Å². The molecular formula is C19H21ClN2O2. The van der Waals surface area contributed by atoms with Gasteiger partial charge in [0.25, 0.3) is 0 Å². The van der Waals surface area contributed by atoms with Crippen LogP contribution in [0.1, 0.15) is 24.0 Å². The predicted octanol–water partition coefficient (Wildman–Crippen LogP) is 4.51. The number of anilines is 1. The summed E-state index contributed by atoms with van der Waals surface area (Å²) in [6.45, 7) is 2.71. The Hall–Kier alpha value is -2.20. The molecule has 1 fully saturated rings. The average Bonchev–Trinajstić information content (AvgIpc) is 3.35. The molecule has 0 bridgehead atoms. The van der Waals surface area contributed by atoms with Crippen LogP contribution in [0.5, 0.6) is 5.75 Å². The van der Waals surface area contributed by atoms with Gasteiger partial charge in [0, 0.05) is 17.6 Å². The summed E-state index contributed by atoms with van der Waals surface area (Å²) in [5, 5.41) is 6.24. The zero-order valence-corrected chi connectivity index (χ0v) is 14.6. The molecule has 2 aromatic carbocycles. The van der Waals surface area contributed by atoms with Gasteiger partial charge in [0.1, 0.15) is 5.75 Å².